The summed E-state index contributed by atoms with van der Waals surface area (Å²) < 4.78 is 7.20. The fraction of sp³-hybridized carbons (Fsp3) is 0.800. The van der Waals surface area contributed by atoms with Crippen molar-refractivity contribution in [3.05, 3.63) is 18.0 Å². The van der Waals surface area contributed by atoms with Gasteiger partial charge in [-0.2, -0.15) is 5.10 Å². The second-order valence-corrected chi connectivity index (χ2v) is 5.43. The highest BCUT2D eigenvalue weighted by molar-refractivity contribution is 5.00. The molecule has 1 heterocycles. The van der Waals surface area contributed by atoms with Gasteiger partial charge in [-0.05, 0) is 38.3 Å². The first kappa shape index (κ1) is 14.5. The lowest BCUT2D eigenvalue weighted by atomic mass is 9.96. The van der Waals surface area contributed by atoms with E-state index in [0.717, 1.165) is 32.5 Å². The molecule has 108 valence electrons. The minimum atomic E-state index is 0.655. The number of rotatable bonds is 8. The average molecular weight is 265 g/mol. The van der Waals surface area contributed by atoms with Crippen LogP contribution in [-0.2, 0) is 11.2 Å². The van der Waals surface area contributed by atoms with Gasteiger partial charge in [0.25, 0.3) is 0 Å². The molecular formula is C15H27N3O. The number of hydrogen-bond donors (Lipinski definition) is 1. The highest BCUT2D eigenvalue weighted by Gasteiger charge is 2.15. The summed E-state index contributed by atoms with van der Waals surface area (Å²) in [6.45, 7) is 2.77. The zero-order valence-electron chi connectivity index (χ0n) is 12.1. The first-order valence-electron chi connectivity index (χ1n) is 7.64. The Morgan fingerprint density at radius 3 is 2.95 bits per heavy atom. The van der Waals surface area contributed by atoms with Crippen LogP contribution in [0, 0.1) is 0 Å². The first-order valence-corrected chi connectivity index (χ1v) is 7.64. The Kier molecular flexibility index (Phi) is 6.37. The molecule has 1 N–H and O–H groups in total. The summed E-state index contributed by atoms with van der Waals surface area (Å²) in [7, 11) is 1.74. The lowest BCUT2D eigenvalue weighted by Crippen LogP contribution is -2.20. The van der Waals surface area contributed by atoms with Crippen LogP contribution in [0.25, 0.3) is 0 Å². The molecule has 0 aromatic carbocycles. The van der Waals surface area contributed by atoms with Gasteiger partial charge in [0.15, 0.2) is 0 Å². The van der Waals surface area contributed by atoms with E-state index in [9.17, 15) is 0 Å². The minimum absolute atomic E-state index is 0.655. The molecule has 0 amide bonds. The SMILES string of the molecule is COCCNCCCc1ccn(C2CCCCC2)n1. The third kappa shape index (κ3) is 4.96. The van der Waals surface area contributed by atoms with Crippen LogP contribution in [-0.4, -0.2) is 36.6 Å². The predicted molar refractivity (Wildman–Crippen MR) is 77.4 cm³/mol. The average Bonchev–Trinajstić information content (AvgIpc) is 2.92. The Labute approximate surface area is 116 Å². The van der Waals surface area contributed by atoms with E-state index in [4.69, 9.17) is 9.84 Å². The van der Waals surface area contributed by atoms with Crippen molar-refractivity contribution in [3.63, 3.8) is 0 Å². The van der Waals surface area contributed by atoms with Crippen molar-refractivity contribution in [2.24, 2.45) is 0 Å². The van der Waals surface area contributed by atoms with Crippen LogP contribution in [0.3, 0.4) is 0 Å². The third-order valence-corrected chi connectivity index (χ3v) is 3.88. The van der Waals surface area contributed by atoms with Crippen molar-refractivity contribution < 1.29 is 4.74 Å². The predicted octanol–water partition coefficient (Wildman–Crippen LogP) is 2.56. The largest absolute Gasteiger partial charge is 0.383 e. The second-order valence-electron chi connectivity index (χ2n) is 5.43. The van der Waals surface area contributed by atoms with E-state index < -0.39 is 0 Å². The number of hydrogen-bond acceptors (Lipinski definition) is 3. The Morgan fingerprint density at radius 2 is 2.16 bits per heavy atom. The monoisotopic (exact) mass is 265 g/mol. The van der Waals surface area contributed by atoms with Crippen LogP contribution in [0.15, 0.2) is 12.3 Å². The Balaban J connectivity index is 1.66. The zero-order valence-corrected chi connectivity index (χ0v) is 12.1. The first-order chi connectivity index (χ1) is 9.40. The molecule has 4 nitrogen and oxygen atoms in total. The summed E-state index contributed by atoms with van der Waals surface area (Å²) in [5.41, 5.74) is 1.24. The molecule has 0 spiro atoms. The maximum absolute atomic E-state index is 5.00. The molecule has 1 aromatic heterocycles. The molecule has 2 rings (SSSR count). The number of methoxy groups -OCH3 is 1. The van der Waals surface area contributed by atoms with Crippen LogP contribution in [0.2, 0.25) is 0 Å². The standard InChI is InChI=1S/C15H27N3O/c1-19-13-11-16-10-5-6-14-9-12-18(17-14)15-7-3-2-4-8-15/h9,12,15-16H,2-8,10-11,13H2,1H3. The molecule has 1 saturated carbocycles. The number of aryl methyl sites for hydroxylation is 1. The number of aromatic nitrogens is 2. The Hall–Kier alpha value is -0.870. The quantitative estimate of drug-likeness (QED) is 0.734. The number of nitrogens with zero attached hydrogens (tertiary/aromatic N) is 2. The van der Waals surface area contributed by atoms with Crippen LogP contribution in [0.5, 0.6) is 0 Å². The summed E-state index contributed by atoms with van der Waals surface area (Å²) >= 11 is 0. The number of nitrogens with one attached hydrogen (secondary N) is 1. The molecule has 0 unspecified atom stereocenters. The zero-order chi connectivity index (χ0) is 13.3. The van der Waals surface area contributed by atoms with Gasteiger partial charge in [-0.3, -0.25) is 4.68 Å². The van der Waals surface area contributed by atoms with Gasteiger partial charge >= 0.3 is 0 Å². The molecule has 4 heteroatoms. The van der Waals surface area contributed by atoms with E-state index in [1.807, 2.05) is 0 Å². The fourth-order valence-electron chi connectivity index (χ4n) is 2.75. The van der Waals surface area contributed by atoms with Crippen LogP contribution < -0.4 is 5.32 Å². The van der Waals surface area contributed by atoms with Gasteiger partial charge in [-0.15, -0.1) is 0 Å². The Morgan fingerprint density at radius 1 is 1.32 bits per heavy atom. The summed E-state index contributed by atoms with van der Waals surface area (Å²) in [6, 6.07) is 2.84. The molecular weight excluding hydrogens is 238 g/mol. The van der Waals surface area contributed by atoms with E-state index in [0.29, 0.717) is 6.04 Å². The van der Waals surface area contributed by atoms with Crippen LogP contribution >= 0.6 is 0 Å². The highest BCUT2D eigenvalue weighted by atomic mass is 16.5. The van der Waals surface area contributed by atoms with Gasteiger partial charge in [0.2, 0.25) is 0 Å². The molecule has 1 aliphatic rings. The molecule has 19 heavy (non-hydrogen) atoms. The smallest absolute Gasteiger partial charge is 0.0625 e. The van der Waals surface area contributed by atoms with Crippen molar-refractivity contribution in [2.75, 3.05) is 26.8 Å². The van der Waals surface area contributed by atoms with Crippen molar-refractivity contribution in [1.82, 2.24) is 15.1 Å². The molecule has 0 saturated heterocycles. The topological polar surface area (TPSA) is 39.1 Å². The molecule has 1 aliphatic carbocycles. The summed E-state index contributed by atoms with van der Waals surface area (Å²) in [6.07, 6.45) is 11.1. The normalized spacial score (nSPS) is 16.9. The van der Waals surface area contributed by atoms with E-state index >= 15 is 0 Å². The van der Waals surface area contributed by atoms with Crippen LogP contribution in [0.1, 0.15) is 50.3 Å². The van der Waals surface area contributed by atoms with Crippen molar-refractivity contribution in [2.45, 2.75) is 51.0 Å². The second kappa shape index (κ2) is 8.33. The molecule has 0 radical (unpaired) electrons. The summed E-state index contributed by atoms with van der Waals surface area (Å²) in [5.74, 6) is 0. The van der Waals surface area contributed by atoms with Gasteiger partial charge in [-0.1, -0.05) is 19.3 Å². The van der Waals surface area contributed by atoms with E-state index in [1.54, 1.807) is 7.11 Å². The maximum atomic E-state index is 5.00. The minimum Gasteiger partial charge on any atom is -0.383 e. The van der Waals surface area contributed by atoms with Gasteiger partial charge in [0.1, 0.15) is 0 Å². The fourth-order valence-corrected chi connectivity index (χ4v) is 2.75. The molecule has 1 aromatic rings. The molecule has 0 atom stereocenters. The van der Waals surface area contributed by atoms with Gasteiger partial charge in [0, 0.05) is 19.9 Å². The Bertz CT molecular complexity index is 345. The molecule has 0 aliphatic heterocycles. The van der Waals surface area contributed by atoms with Crippen molar-refractivity contribution in [1.29, 1.82) is 0 Å². The third-order valence-electron chi connectivity index (χ3n) is 3.88. The van der Waals surface area contributed by atoms with Gasteiger partial charge in [-0.25, -0.2) is 0 Å². The van der Waals surface area contributed by atoms with E-state index in [-0.39, 0.29) is 0 Å². The summed E-state index contributed by atoms with van der Waals surface area (Å²) in [4.78, 5) is 0. The van der Waals surface area contributed by atoms with Crippen molar-refractivity contribution in [3.8, 4) is 0 Å². The summed E-state index contributed by atoms with van der Waals surface area (Å²) in [5, 5.41) is 8.10. The highest BCUT2D eigenvalue weighted by Crippen LogP contribution is 2.27. The molecule has 0 bridgehead atoms. The lowest BCUT2D eigenvalue weighted by molar-refractivity contribution is 0.199. The number of ether oxygens (including phenoxy) is 1. The van der Waals surface area contributed by atoms with Crippen molar-refractivity contribution >= 4 is 0 Å². The maximum Gasteiger partial charge on any atom is 0.0625 e. The van der Waals surface area contributed by atoms with Crippen LogP contribution in [0.4, 0.5) is 0 Å². The lowest BCUT2D eigenvalue weighted by Gasteiger charge is -2.21. The van der Waals surface area contributed by atoms with Gasteiger partial charge < -0.3 is 10.1 Å². The van der Waals surface area contributed by atoms with E-state index in [1.165, 1.54) is 37.8 Å². The van der Waals surface area contributed by atoms with E-state index in [2.05, 4.69) is 22.3 Å². The van der Waals surface area contributed by atoms with Gasteiger partial charge in [0.05, 0.1) is 18.3 Å². The molecule has 1 fully saturated rings.